The molecule has 0 unspecified atom stereocenters. The van der Waals surface area contributed by atoms with Gasteiger partial charge in [-0.05, 0) is 35.3 Å². The van der Waals surface area contributed by atoms with Crippen LogP contribution in [0.15, 0.2) is 24.3 Å². The first kappa shape index (κ1) is 14.9. The van der Waals surface area contributed by atoms with Crippen molar-refractivity contribution in [3.05, 3.63) is 35.4 Å². The Balaban J connectivity index is 2.78. The van der Waals surface area contributed by atoms with E-state index in [4.69, 9.17) is 0 Å². The predicted octanol–water partition coefficient (Wildman–Crippen LogP) is 4.53. The Morgan fingerprint density at radius 1 is 1.00 bits per heavy atom. The van der Waals surface area contributed by atoms with Gasteiger partial charge in [0, 0.05) is 6.42 Å². The fraction of sp³-hybridized carbons (Fsp3) is 0.588. The van der Waals surface area contributed by atoms with E-state index in [9.17, 15) is 4.79 Å². The standard InChI is InChI=1S/C17H26O/c1-13(18)11-17(5,6)12-14-7-9-15(10-8-14)16(2,3)4/h7-10H,11-12H2,1-6H3. The lowest BCUT2D eigenvalue weighted by molar-refractivity contribution is -0.118. The number of benzene rings is 1. The van der Waals surface area contributed by atoms with Crippen LogP contribution < -0.4 is 0 Å². The first-order chi connectivity index (χ1) is 8.10. The Labute approximate surface area is 112 Å². The topological polar surface area (TPSA) is 17.1 Å². The van der Waals surface area contributed by atoms with Crippen molar-refractivity contribution >= 4 is 5.78 Å². The van der Waals surface area contributed by atoms with Crippen LogP contribution in [-0.4, -0.2) is 5.78 Å². The van der Waals surface area contributed by atoms with Gasteiger partial charge in [0.15, 0.2) is 0 Å². The van der Waals surface area contributed by atoms with Gasteiger partial charge in [-0.25, -0.2) is 0 Å². The second kappa shape index (κ2) is 5.26. The summed E-state index contributed by atoms with van der Waals surface area (Å²) < 4.78 is 0. The Bertz CT molecular complexity index is 404. The second-order valence-corrected chi connectivity index (χ2v) is 7.17. The van der Waals surface area contributed by atoms with Gasteiger partial charge in [-0.15, -0.1) is 0 Å². The average molecular weight is 246 g/mol. The summed E-state index contributed by atoms with van der Waals surface area (Å²) in [6.07, 6.45) is 1.60. The minimum absolute atomic E-state index is 0.0507. The molecule has 0 radical (unpaired) electrons. The van der Waals surface area contributed by atoms with Crippen LogP contribution in [0.25, 0.3) is 0 Å². The summed E-state index contributed by atoms with van der Waals surface area (Å²) in [5.74, 6) is 0.270. The molecule has 0 amide bonds. The van der Waals surface area contributed by atoms with E-state index in [1.807, 2.05) is 0 Å². The Kier molecular flexibility index (Phi) is 4.37. The zero-order valence-corrected chi connectivity index (χ0v) is 12.6. The van der Waals surface area contributed by atoms with Gasteiger partial charge in [0.25, 0.3) is 0 Å². The van der Waals surface area contributed by atoms with Crippen LogP contribution in [0.4, 0.5) is 0 Å². The fourth-order valence-electron chi connectivity index (χ4n) is 2.41. The first-order valence-electron chi connectivity index (χ1n) is 6.69. The maximum atomic E-state index is 11.2. The van der Waals surface area contributed by atoms with Crippen molar-refractivity contribution < 1.29 is 4.79 Å². The minimum atomic E-state index is 0.0507. The number of Topliss-reactive ketones (excluding diaryl/α,β-unsaturated/α-hetero) is 1. The molecule has 0 N–H and O–H groups in total. The highest BCUT2D eigenvalue weighted by atomic mass is 16.1. The van der Waals surface area contributed by atoms with E-state index >= 15 is 0 Å². The molecular formula is C17H26O. The van der Waals surface area contributed by atoms with E-state index in [0.29, 0.717) is 6.42 Å². The van der Waals surface area contributed by atoms with E-state index in [1.54, 1.807) is 6.92 Å². The number of carbonyl (C=O) groups is 1. The zero-order chi connectivity index (χ0) is 14.0. The maximum Gasteiger partial charge on any atom is 0.130 e. The van der Waals surface area contributed by atoms with E-state index in [1.165, 1.54) is 11.1 Å². The van der Waals surface area contributed by atoms with Gasteiger partial charge < -0.3 is 4.79 Å². The average Bonchev–Trinajstić information content (AvgIpc) is 2.13. The highest BCUT2D eigenvalue weighted by Crippen LogP contribution is 2.28. The fourth-order valence-corrected chi connectivity index (χ4v) is 2.41. The Morgan fingerprint density at radius 3 is 1.89 bits per heavy atom. The van der Waals surface area contributed by atoms with Gasteiger partial charge in [0.05, 0.1) is 0 Å². The Morgan fingerprint density at radius 2 is 1.50 bits per heavy atom. The molecule has 1 aromatic carbocycles. The van der Waals surface area contributed by atoms with Crippen LogP contribution in [0.2, 0.25) is 0 Å². The van der Waals surface area contributed by atoms with Crippen molar-refractivity contribution in [3.8, 4) is 0 Å². The molecule has 0 saturated carbocycles. The maximum absolute atomic E-state index is 11.2. The molecule has 0 heterocycles. The molecule has 1 nitrogen and oxygen atoms in total. The van der Waals surface area contributed by atoms with Gasteiger partial charge in [0.2, 0.25) is 0 Å². The second-order valence-electron chi connectivity index (χ2n) is 7.17. The molecule has 0 fully saturated rings. The molecule has 0 bridgehead atoms. The SMILES string of the molecule is CC(=O)CC(C)(C)Cc1ccc(C(C)(C)C)cc1. The van der Waals surface area contributed by atoms with Crippen LogP contribution in [-0.2, 0) is 16.6 Å². The molecule has 0 aliphatic heterocycles. The molecule has 0 aliphatic rings. The number of hydrogen-bond donors (Lipinski definition) is 0. The molecule has 1 aromatic rings. The summed E-state index contributed by atoms with van der Waals surface area (Å²) in [7, 11) is 0. The molecule has 0 saturated heterocycles. The molecule has 0 spiro atoms. The van der Waals surface area contributed by atoms with Crippen molar-refractivity contribution in [2.75, 3.05) is 0 Å². The quantitative estimate of drug-likeness (QED) is 0.762. The highest BCUT2D eigenvalue weighted by molar-refractivity contribution is 5.76. The van der Waals surface area contributed by atoms with E-state index in [0.717, 1.165) is 6.42 Å². The minimum Gasteiger partial charge on any atom is -0.300 e. The smallest absolute Gasteiger partial charge is 0.130 e. The molecule has 1 rings (SSSR count). The Hall–Kier alpha value is -1.11. The monoisotopic (exact) mass is 246 g/mol. The van der Waals surface area contributed by atoms with Gasteiger partial charge in [-0.3, -0.25) is 0 Å². The van der Waals surface area contributed by atoms with Crippen molar-refractivity contribution in [1.29, 1.82) is 0 Å². The summed E-state index contributed by atoms with van der Waals surface area (Å²) in [6, 6.07) is 8.81. The summed E-state index contributed by atoms with van der Waals surface area (Å²) in [5, 5.41) is 0. The molecule has 0 aromatic heterocycles. The van der Waals surface area contributed by atoms with E-state index < -0.39 is 0 Å². The number of hydrogen-bond acceptors (Lipinski definition) is 1. The van der Waals surface area contributed by atoms with Gasteiger partial charge >= 0.3 is 0 Å². The predicted molar refractivity (Wildman–Crippen MR) is 77.9 cm³/mol. The number of rotatable bonds is 4. The summed E-state index contributed by atoms with van der Waals surface area (Å²) in [6.45, 7) is 12.7. The first-order valence-corrected chi connectivity index (χ1v) is 6.69. The summed E-state index contributed by atoms with van der Waals surface area (Å²) in [5.41, 5.74) is 2.92. The third-order valence-electron chi connectivity index (χ3n) is 3.23. The third-order valence-corrected chi connectivity index (χ3v) is 3.23. The summed E-state index contributed by atoms with van der Waals surface area (Å²) >= 11 is 0. The van der Waals surface area contributed by atoms with Gasteiger partial charge in [-0.2, -0.15) is 0 Å². The lowest BCUT2D eigenvalue weighted by atomic mass is 9.80. The normalized spacial score (nSPS) is 12.6. The number of carbonyl (C=O) groups excluding carboxylic acids is 1. The van der Waals surface area contributed by atoms with Crippen molar-refractivity contribution in [2.24, 2.45) is 5.41 Å². The zero-order valence-electron chi connectivity index (χ0n) is 12.6. The molecular weight excluding hydrogens is 220 g/mol. The molecule has 1 heteroatoms. The van der Waals surface area contributed by atoms with Crippen molar-refractivity contribution in [2.45, 2.75) is 59.8 Å². The number of ketones is 1. The summed E-state index contributed by atoms with van der Waals surface area (Å²) in [4.78, 5) is 11.2. The molecule has 0 aliphatic carbocycles. The lowest BCUT2D eigenvalue weighted by Crippen LogP contribution is -2.18. The third kappa shape index (κ3) is 4.64. The molecule has 0 atom stereocenters. The largest absolute Gasteiger partial charge is 0.300 e. The van der Waals surface area contributed by atoms with Crippen molar-refractivity contribution in [1.82, 2.24) is 0 Å². The van der Waals surface area contributed by atoms with Crippen LogP contribution in [0.3, 0.4) is 0 Å². The van der Waals surface area contributed by atoms with Gasteiger partial charge in [0.1, 0.15) is 5.78 Å². The van der Waals surface area contributed by atoms with Crippen LogP contribution in [0.1, 0.15) is 59.1 Å². The van der Waals surface area contributed by atoms with Crippen LogP contribution >= 0.6 is 0 Å². The highest BCUT2D eigenvalue weighted by Gasteiger charge is 2.21. The van der Waals surface area contributed by atoms with Crippen molar-refractivity contribution in [3.63, 3.8) is 0 Å². The van der Waals surface area contributed by atoms with E-state index in [-0.39, 0.29) is 16.6 Å². The lowest BCUT2D eigenvalue weighted by Gasteiger charge is -2.24. The van der Waals surface area contributed by atoms with Crippen LogP contribution in [0.5, 0.6) is 0 Å². The van der Waals surface area contributed by atoms with Crippen LogP contribution in [0, 0.1) is 5.41 Å². The molecule has 100 valence electrons. The van der Waals surface area contributed by atoms with Gasteiger partial charge in [-0.1, -0.05) is 58.9 Å². The van der Waals surface area contributed by atoms with E-state index in [2.05, 4.69) is 58.9 Å². The molecule has 18 heavy (non-hydrogen) atoms.